The number of carboxylic acid groups (broad SMARTS) is 1. The highest BCUT2D eigenvalue weighted by Crippen LogP contribution is 2.27. The predicted molar refractivity (Wildman–Crippen MR) is 361 cm³/mol. The third kappa shape index (κ3) is 24.2. The zero-order valence-corrected chi connectivity index (χ0v) is 52.0. The lowest BCUT2D eigenvalue weighted by Crippen LogP contribution is -2.51. The fraction of sp³-hybridized carbons (Fsp3) is 0.169. The van der Waals surface area contributed by atoms with Gasteiger partial charge in [0.25, 0.3) is 11.1 Å². The van der Waals surface area contributed by atoms with Gasteiger partial charge >= 0.3 is 11.9 Å². The Labute approximate surface area is 538 Å². The molecule has 1 saturated heterocycles. The number of rotatable bonds is 19. The Bertz CT molecular complexity index is 3610. The number of hydrogen-bond donors (Lipinski definition) is 2. The monoisotopic (exact) mass is 1240 g/mol. The molecule has 10 aromatic rings. The number of phenols is 1. The third-order valence-corrected chi connectivity index (χ3v) is 14.1. The zero-order valence-electron chi connectivity index (χ0n) is 51.3. The fourth-order valence-corrected chi connectivity index (χ4v) is 9.19. The maximum Gasteiger partial charge on any atom is 0.344 e. The SMILES string of the molecule is CC(C)N1CCN(C(=O)COc2ccc(-c3ccccc3)cc2)CC1.CCOC(=O)COc1ccc(-c2ccccc2)cc1.O=C(Cl)COc1ccc(-c2ccccc2)cc1.O=C(O)COc1ccc(-c2ccccc2)cc1.Oc1ccc(-c2ccccc2)cc1. The Morgan fingerprint density at radius 2 is 0.659 bits per heavy atom. The van der Waals surface area contributed by atoms with E-state index in [0.717, 1.165) is 76.4 Å². The number of carbonyl (C=O) groups excluding carboxylic acids is 3. The van der Waals surface area contributed by atoms with Crippen molar-refractivity contribution in [2.75, 3.05) is 59.2 Å². The lowest BCUT2D eigenvalue weighted by molar-refractivity contribution is -0.145. The second-order valence-electron chi connectivity index (χ2n) is 20.7. The van der Waals surface area contributed by atoms with Crippen molar-refractivity contribution in [3.05, 3.63) is 273 Å². The van der Waals surface area contributed by atoms with Gasteiger partial charge in [-0.3, -0.25) is 14.5 Å². The van der Waals surface area contributed by atoms with E-state index in [4.69, 9.17) is 45.5 Å². The van der Waals surface area contributed by atoms with Crippen molar-refractivity contribution in [3.63, 3.8) is 0 Å². The second-order valence-corrected chi connectivity index (χ2v) is 21.1. The van der Waals surface area contributed by atoms with E-state index < -0.39 is 11.2 Å². The van der Waals surface area contributed by atoms with Crippen LogP contribution in [0.3, 0.4) is 0 Å². The number of amides is 1. The van der Waals surface area contributed by atoms with E-state index in [0.29, 0.717) is 35.6 Å². The summed E-state index contributed by atoms with van der Waals surface area (Å²) < 4.78 is 26.0. The standard InChI is InChI=1S/C21H26N2O2.C16H16O3.C14H11ClO2.C14H12O3.C12H10O/c1-17(2)22-12-14-23(15-13-22)21(24)16-25-20-10-8-19(9-11-20)18-6-4-3-5-7-18;1-2-18-16(17)12-19-15-10-8-14(9-11-15)13-6-4-3-5-7-13;2*15-14(16)10-17-13-8-6-12(7-9-13)11-4-2-1-3-5-11;13-12-8-6-11(7-9-12)10-4-2-1-3-5-10/h3-11,17H,12-16H2,1-2H3;3-11H,2,12H2,1H3;1-9H,10H2;1-9H,10H2,(H,15,16);1-9,13H. The van der Waals surface area contributed by atoms with Crippen LogP contribution < -0.4 is 18.9 Å². The molecule has 0 saturated carbocycles. The minimum atomic E-state index is -0.975. The number of aliphatic carboxylic acids is 1. The van der Waals surface area contributed by atoms with Crippen molar-refractivity contribution in [2.24, 2.45) is 0 Å². The molecule has 13 nitrogen and oxygen atoms in total. The van der Waals surface area contributed by atoms with Gasteiger partial charge in [-0.05, 0) is 149 Å². The molecule has 2 N–H and O–H groups in total. The van der Waals surface area contributed by atoms with E-state index in [2.05, 4.69) is 43.0 Å². The topological polar surface area (TPSA) is 161 Å². The molecule has 0 spiro atoms. The molecule has 91 heavy (non-hydrogen) atoms. The summed E-state index contributed by atoms with van der Waals surface area (Å²) in [6, 6.07) is 88.6. The van der Waals surface area contributed by atoms with Crippen molar-refractivity contribution < 1.29 is 53.1 Å². The molecule has 1 aliphatic rings. The molecule has 0 bridgehead atoms. The molecular weight excluding hydrogens is 1160 g/mol. The lowest BCUT2D eigenvalue weighted by atomic mass is 10.1. The number of benzene rings is 10. The lowest BCUT2D eigenvalue weighted by Gasteiger charge is -2.36. The van der Waals surface area contributed by atoms with Crippen LogP contribution in [0.1, 0.15) is 20.8 Å². The van der Waals surface area contributed by atoms with Crippen LogP contribution in [0, 0.1) is 0 Å². The molecule has 0 atom stereocenters. The van der Waals surface area contributed by atoms with E-state index in [1.165, 1.54) is 11.1 Å². The molecule has 0 aromatic heterocycles. The van der Waals surface area contributed by atoms with Crippen molar-refractivity contribution in [2.45, 2.75) is 26.8 Å². The van der Waals surface area contributed by atoms with E-state index >= 15 is 0 Å². The highest BCUT2D eigenvalue weighted by atomic mass is 35.5. The van der Waals surface area contributed by atoms with Gasteiger partial charge in [-0.2, -0.15) is 0 Å². The summed E-state index contributed by atoms with van der Waals surface area (Å²) in [5.74, 6) is 1.63. The Kier molecular flexibility index (Phi) is 28.0. The summed E-state index contributed by atoms with van der Waals surface area (Å²) in [5.41, 5.74) is 11.3. The van der Waals surface area contributed by atoms with E-state index in [1.54, 1.807) is 31.2 Å². The first-order valence-electron chi connectivity index (χ1n) is 29.8. The number of esters is 1. The fourth-order valence-electron chi connectivity index (χ4n) is 9.14. The molecular formula is C77H75ClN2O11. The normalized spacial score (nSPS) is 11.4. The van der Waals surface area contributed by atoms with E-state index in [-0.39, 0.29) is 38.3 Å². The first-order valence-corrected chi connectivity index (χ1v) is 30.2. The molecule has 0 unspecified atom stereocenters. The van der Waals surface area contributed by atoms with Gasteiger partial charge in [-0.25, -0.2) is 9.59 Å². The van der Waals surface area contributed by atoms with Crippen LogP contribution >= 0.6 is 11.6 Å². The van der Waals surface area contributed by atoms with Crippen LogP contribution in [-0.2, 0) is 23.9 Å². The molecule has 1 amide bonds. The average molecular weight is 1240 g/mol. The largest absolute Gasteiger partial charge is 0.508 e. The van der Waals surface area contributed by atoms with Gasteiger partial charge in [0.05, 0.1) is 6.61 Å². The summed E-state index contributed by atoms with van der Waals surface area (Å²) in [6.07, 6.45) is 0. The van der Waals surface area contributed by atoms with Crippen LogP contribution in [0.5, 0.6) is 28.7 Å². The number of ether oxygens (including phenoxy) is 5. The van der Waals surface area contributed by atoms with Crippen molar-refractivity contribution in [3.8, 4) is 84.4 Å². The highest BCUT2D eigenvalue weighted by molar-refractivity contribution is 6.63. The summed E-state index contributed by atoms with van der Waals surface area (Å²) in [6.45, 7) is 9.61. The molecule has 11 rings (SSSR count). The van der Waals surface area contributed by atoms with E-state index in [1.807, 2.05) is 229 Å². The number of piperazine rings is 1. The third-order valence-electron chi connectivity index (χ3n) is 14.0. The predicted octanol–water partition coefficient (Wildman–Crippen LogP) is 16.0. The summed E-state index contributed by atoms with van der Waals surface area (Å²) in [4.78, 5) is 48.7. The smallest absolute Gasteiger partial charge is 0.344 e. The number of aromatic hydroxyl groups is 1. The van der Waals surface area contributed by atoms with Crippen molar-refractivity contribution >= 4 is 34.7 Å². The van der Waals surface area contributed by atoms with Crippen LogP contribution in [0.4, 0.5) is 0 Å². The number of carboxylic acids is 1. The number of phenolic OH excluding ortho intramolecular Hbond substituents is 1. The van der Waals surface area contributed by atoms with Crippen LogP contribution in [-0.4, -0.2) is 108 Å². The average Bonchev–Trinajstić information content (AvgIpc) is 3.73. The van der Waals surface area contributed by atoms with Gasteiger partial charge in [-0.15, -0.1) is 0 Å². The van der Waals surface area contributed by atoms with Gasteiger partial charge in [0.1, 0.15) is 28.7 Å². The van der Waals surface area contributed by atoms with Crippen molar-refractivity contribution in [1.82, 2.24) is 9.80 Å². The molecule has 10 aromatic carbocycles. The number of halogens is 1. The first-order chi connectivity index (χ1) is 44.3. The zero-order chi connectivity index (χ0) is 64.4. The Balaban J connectivity index is 0.000000164. The minimum Gasteiger partial charge on any atom is -0.508 e. The van der Waals surface area contributed by atoms with Crippen molar-refractivity contribution in [1.29, 1.82) is 0 Å². The second kappa shape index (κ2) is 37.4. The molecule has 1 fully saturated rings. The van der Waals surface area contributed by atoms with Gasteiger partial charge in [0, 0.05) is 32.2 Å². The van der Waals surface area contributed by atoms with Crippen LogP contribution in [0.25, 0.3) is 55.6 Å². The van der Waals surface area contributed by atoms with Crippen LogP contribution in [0.2, 0.25) is 0 Å². The molecule has 466 valence electrons. The molecule has 1 heterocycles. The molecule has 14 heteroatoms. The number of hydrogen-bond acceptors (Lipinski definition) is 11. The highest BCUT2D eigenvalue weighted by Gasteiger charge is 2.22. The molecule has 1 aliphatic heterocycles. The summed E-state index contributed by atoms with van der Waals surface area (Å²) >= 11 is 5.19. The van der Waals surface area contributed by atoms with Crippen LogP contribution in [0.15, 0.2) is 273 Å². The van der Waals surface area contributed by atoms with Gasteiger partial charge in [-0.1, -0.05) is 212 Å². The first kappa shape index (κ1) is 68.0. The number of carbonyl (C=O) groups is 4. The van der Waals surface area contributed by atoms with Gasteiger partial charge in [0.2, 0.25) is 0 Å². The van der Waals surface area contributed by atoms with Gasteiger partial charge < -0.3 is 38.8 Å². The number of nitrogens with zero attached hydrogens (tertiary/aromatic N) is 2. The Hall–Kier alpha value is -10.5. The molecule has 0 radical (unpaired) electrons. The van der Waals surface area contributed by atoms with Gasteiger partial charge in [0.15, 0.2) is 26.4 Å². The summed E-state index contributed by atoms with van der Waals surface area (Å²) in [7, 11) is 0. The summed E-state index contributed by atoms with van der Waals surface area (Å²) in [5, 5.41) is 17.1. The maximum absolute atomic E-state index is 12.3. The van der Waals surface area contributed by atoms with E-state index in [9.17, 15) is 19.2 Å². The quantitative estimate of drug-likeness (QED) is 0.0583. The Morgan fingerprint density at radius 1 is 0.385 bits per heavy atom. The maximum atomic E-state index is 12.3. The molecule has 0 aliphatic carbocycles. The minimum absolute atomic E-state index is 0.0570. The Morgan fingerprint density at radius 3 is 0.945 bits per heavy atom.